The quantitative estimate of drug-likeness (QED) is 0.878. The number of aromatic nitrogens is 1. The molecule has 0 saturated heterocycles. The van der Waals surface area contributed by atoms with Crippen LogP contribution in [0.5, 0.6) is 0 Å². The Labute approximate surface area is 135 Å². The molecule has 1 atom stereocenters. The van der Waals surface area contributed by atoms with Gasteiger partial charge in [0.25, 0.3) is 5.91 Å². The highest BCUT2D eigenvalue weighted by atomic mass is 19.4. The lowest BCUT2D eigenvalue weighted by atomic mass is 10.0. The van der Waals surface area contributed by atoms with Crippen molar-refractivity contribution in [1.29, 1.82) is 0 Å². The standard InChI is InChI=1S/C16H15F3N2O3/c1-21-12(7-8-13(21)15(23)24)14(22)20-11(9-16(17,18)19)10-5-3-2-4-6-10/h2-8,11H,9H2,1H3,(H,20,22)(H,23,24). The van der Waals surface area contributed by atoms with Crippen molar-refractivity contribution in [2.24, 2.45) is 7.05 Å². The molecule has 1 amide bonds. The van der Waals surface area contributed by atoms with Crippen LogP contribution in [-0.2, 0) is 7.05 Å². The van der Waals surface area contributed by atoms with Gasteiger partial charge in [0, 0.05) is 7.05 Å². The molecule has 1 aromatic heterocycles. The molecule has 0 aliphatic carbocycles. The molecule has 2 N–H and O–H groups in total. The summed E-state index contributed by atoms with van der Waals surface area (Å²) in [6.07, 6.45) is -5.69. The topological polar surface area (TPSA) is 71.3 Å². The average molecular weight is 340 g/mol. The minimum absolute atomic E-state index is 0.0319. The second kappa shape index (κ2) is 6.77. The summed E-state index contributed by atoms with van der Waals surface area (Å²) in [5.41, 5.74) is 0.151. The molecule has 2 rings (SSSR count). The maximum absolute atomic E-state index is 12.8. The van der Waals surface area contributed by atoms with Gasteiger partial charge in [0.2, 0.25) is 0 Å². The molecule has 0 saturated carbocycles. The fraction of sp³-hybridized carbons (Fsp3) is 0.250. The van der Waals surface area contributed by atoms with Crippen molar-refractivity contribution in [2.75, 3.05) is 0 Å². The molecule has 1 heterocycles. The van der Waals surface area contributed by atoms with Crippen molar-refractivity contribution in [1.82, 2.24) is 9.88 Å². The van der Waals surface area contributed by atoms with Crippen molar-refractivity contribution in [3.63, 3.8) is 0 Å². The minimum Gasteiger partial charge on any atom is -0.477 e. The molecule has 0 radical (unpaired) electrons. The summed E-state index contributed by atoms with van der Waals surface area (Å²) >= 11 is 0. The van der Waals surface area contributed by atoms with E-state index < -0.39 is 30.5 Å². The number of benzene rings is 1. The van der Waals surface area contributed by atoms with E-state index in [1.165, 1.54) is 31.3 Å². The van der Waals surface area contributed by atoms with E-state index in [4.69, 9.17) is 5.11 Å². The van der Waals surface area contributed by atoms with Crippen molar-refractivity contribution >= 4 is 11.9 Å². The number of carbonyl (C=O) groups excluding carboxylic acids is 1. The van der Waals surface area contributed by atoms with Crippen LogP contribution >= 0.6 is 0 Å². The van der Waals surface area contributed by atoms with Crippen LogP contribution in [0.4, 0.5) is 13.2 Å². The van der Waals surface area contributed by atoms with Crippen LogP contribution in [-0.4, -0.2) is 27.7 Å². The average Bonchev–Trinajstić information content (AvgIpc) is 2.88. The number of carbonyl (C=O) groups is 2. The number of nitrogens with zero attached hydrogens (tertiary/aromatic N) is 1. The SMILES string of the molecule is Cn1c(C(=O)O)ccc1C(=O)NC(CC(F)(F)F)c1ccccc1. The Kier molecular flexibility index (Phi) is 4.96. The summed E-state index contributed by atoms with van der Waals surface area (Å²) in [7, 11) is 1.36. The number of alkyl halides is 3. The summed E-state index contributed by atoms with van der Waals surface area (Å²) < 4.78 is 39.5. The van der Waals surface area contributed by atoms with Crippen LogP contribution < -0.4 is 5.32 Å². The zero-order chi connectivity index (χ0) is 17.9. The maximum Gasteiger partial charge on any atom is 0.391 e. The predicted molar refractivity (Wildman–Crippen MR) is 79.7 cm³/mol. The second-order valence-corrected chi connectivity index (χ2v) is 5.22. The molecule has 0 fully saturated rings. The molecule has 0 spiro atoms. The summed E-state index contributed by atoms with van der Waals surface area (Å²) in [6, 6.07) is 9.02. The monoisotopic (exact) mass is 340 g/mol. The molecule has 24 heavy (non-hydrogen) atoms. The Balaban J connectivity index is 2.26. The van der Waals surface area contributed by atoms with E-state index in [0.29, 0.717) is 5.56 Å². The molecular formula is C16H15F3N2O3. The third kappa shape index (κ3) is 4.15. The lowest BCUT2D eigenvalue weighted by Gasteiger charge is -2.21. The van der Waals surface area contributed by atoms with E-state index >= 15 is 0 Å². The van der Waals surface area contributed by atoms with Crippen molar-refractivity contribution in [2.45, 2.75) is 18.6 Å². The molecule has 8 heteroatoms. The van der Waals surface area contributed by atoms with Crippen LogP contribution in [0.2, 0.25) is 0 Å². The number of hydrogen-bond donors (Lipinski definition) is 2. The molecular weight excluding hydrogens is 325 g/mol. The number of carboxylic acids is 1. The third-order valence-corrected chi connectivity index (χ3v) is 3.52. The number of aromatic carboxylic acids is 1. The molecule has 0 aliphatic rings. The van der Waals surface area contributed by atoms with E-state index in [1.807, 2.05) is 0 Å². The first-order valence-corrected chi connectivity index (χ1v) is 7.00. The van der Waals surface area contributed by atoms with Crippen molar-refractivity contribution in [3.05, 3.63) is 59.4 Å². The summed E-state index contributed by atoms with van der Waals surface area (Å²) in [5.74, 6) is -2.01. The van der Waals surface area contributed by atoms with Gasteiger partial charge in [-0.3, -0.25) is 4.79 Å². The third-order valence-electron chi connectivity index (χ3n) is 3.52. The van der Waals surface area contributed by atoms with Crippen LogP contribution in [0, 0.1) is 0 Å². The Morgan fingerprint density at radius 2 is 1.71 bits per heavy atom. The smallest absolute Gasteiger partial charge is 0.391 e. The first-order chi connectivity index (χ1) is 11.2. The summed E-state index contributed by atoms with van der Waals surface area (Å²) in [5, 5.41) is 11.3. The Morgan fingerprint density at radius 1 is 1.12 bits per heavy atom. The Morgan fingerprint density at radius 3 is 2.21 bits per heavy atom. The highest BCUT2D eigenvalue weighted by Gasteiger charge is 2.34. The normalized spacial score (nSPS) is 12.7. The fourth-order valence-corrected chi connectivity index (χ4v) is 2.36. The minimum atomic E-state index is -4.46. The van der Waals surface area contributed by atoms with Gasteiger partial charge in [0.05, 0.1) is 12.5 Å². The molecule has 128 valence electrons. The number of hydrogen-bond acceptors (Lipinski definition) is 2. The number of nitrogens with one attached hydrogen (secondary N) is 1. The van der Waals surface area contributed by atoms with Gasteiger partial charge in [-0.2, -0.15) is 13.2 Å². The lowest BCUT2D eigenvalue weighted by Crippen LogP contribution is -2.33. The Hall–Kier alpha value is -2.77. The second-order valence-electron chi connectivity index (χ2n) is 5.22. The summed E-state index contributed by atoms with van der Waals surface area (Å²) in [4.78, 5) is 23.3. The van der Waals surface area contributed by atoms with Gasteiger partial charge >= 0.3 is 12.1 Å². The number of halogens is 3. The van der Waals surface area contributed by atoms with Gasteiger partial charge in [-0.05, 0) is 17.7 Å². The fourth-order valence-electron chi connectivity index (χ4n) is 2.36. The van der Waals surface area contributed by atoms with E-state index in [9.17, 15) is 22.8 Å². The van der Waals surface area contributed by atoms with E-state index in [1.54, 1.807) is 18.2 Å². The van der Waals surface area contributed by atoms with Crippen molar-refractivity contribution in [3.8, 4) is 0 Å². The maximum atomic E-state index is 12.8. The van der Waals surface area contributed by atoms with Crippen molar-refractivity contribution < 1.29 is 27.9 Å². The zero-order valence-electron chi connectivity index (χ0n) is 12.7. The first kappa shape index (κ1) is 17.6. The molecule has 1 aromatic carbocycles. The van der Waals surface area contributed by atoms with Gasteiger partial charge in [-0.1, -0.05) is 30.3 Å². The molecule has 2 aromatic rings. The van der Waals surface area contributed by atoms with Gasteiger partial charge in [-0.25, -0.2) is 4.79 Å². The van der Waals surface area contributed by atoms with E-state index in [-0.39, 0.29) is 11.4 Å². The van der Waals surface area contributed by atoms with Gasteiger partial charge in [0.15, 0.2) is 0 Å². The summed E-state index contributed by atoms with van der Waals surface area (Å²) in [6.45, 7) is 0. The highest BCUT2D eigenvalue weighted by molar-refractivity contribution is 5.96. The number of amides is 1. The van der Waals surface area contributed by atoms with Crippen LogP contribution in [0.15, 0.2) is 42.5 Å². The molecule has 1 unspecified atom stereocenters. The molecule has 5 nitrogen and oxygen atoms in total. The molecule has 0 aliphatic heterocycles. The largest absolute Gasteiger partial charge is 0.477 e. The highest BCUT2D eigenvalue weighted by Crippen LogP contribution is 2.29. The van der Waals surface area contributed by atoms with E-state index in [0.717, 1.165) is 4.57 Å². The van der Waals surface area contributed by atoms with Crippen LogP contribution in [0.3, 0.4) is 0 Å². The number of rotatable bonds is 5. The van der Waals surface area contributed by atoms with E-state index in [2.05, 4.69) is 5.32 Å². The number of carboxylic acid groups (broad SMARTS) is 1. The van der Waals surface area contributed by atoms with Crippen LogP contribution in [0.1, 0.15) is 39.0 Å². The first-order valence-electron chi connectivity index (χ1n) is 7.00. The predicted octanol–water partition coefficient (Wildman–Crippen LogP) is 3.15. The lowest BCUT2D eigenvalue weighted by molar-refractivity contribution is -0.139. The Bertz CT molecular complexity index is 739. The molecule has 0 bridgehead atoms. The zero-order valence-corrected chi connectivity index (χ0v) is 12.7. The van der Waals surface area contributed by atoms with Gasteiger partial charge in [0.1, 0.15) is 11.4 Å². The van der Waals surface area contributed by atoms with Gasteiger partial charge < -0.3 is 15.0 Å². The van der Waals surface area contributed by atoms with Gasteiger partial charge in [-0.15, -0.1) is 0 Å². The van der Waals surface area contributed by atoms with Crippen LogP contribution in [0.25, 0.3) is 0 Å².